The summed E-state index contributed by atoms with van der Waals surface area (Å²) < 4.78 is 0. The highest BCUT2D eigenvalue weighted by molar-refractivity contribution is 8.03. The summed E-state index contributed by atoms with van der Waals surface area (Å²) in [6.45, 7) is 4.80. The van der Waals surface area contributed by atoms with Crippen LogP contribution in [0.2, 0.25) is 0 Å². The number of rotatable bonds is 8. The van der Waals surface area contributed by atoms with Gasteiger partial charge in [0.2, 0.25) is 11.8 Å². The number of Topliss-reactive ketones (excluding diaryl/α,β-unsaturated/α-hetero) is 1. The van der Waals surface area contributed by atoms with E-state index in [0.717, 1.165) is 0 Å². The number of aliphatic carboxylic acids is 1. The molecule has 1 unspecified atom stereocenters. The Morgan fingerprint density at radius 2 is 1.85 bits per heavy atom. The Bertz CT molecular complexity index is 923. The van der Waals surface area contributed by atoms with Gasteiger partial charge in [0.15, 0.2) is 0 Å². The van der Waals surface area contributed by atoms with E-state index in [9.17, 15) is 29.4 Å². The molecule has 34 heavy (non-hydrogen) atoms. The first-order valence-corrected chi connectivity index (χ1v) is 12.7. The van der Waals surface area contributed by atoms with E-state index in [1.54, 1.807) is 19.0 Å². The Balaban J connectivity index is 1.44. The van der Waals surface area contributed by atoms with Gasteiger partial charge in [-0.15, -0.1) is 11.8 Å². The molecule has 4 aliphatic rings. The first-order valence-electron chi connectivity index (χ1n) is 11.9. The normalized spacial score (nSPS) is 35.9. The molecule has 0 aromatic rings. The third kappa shape index (κ3) is 4.38. The first kappa shape index (κ1) is 25.2. The van der Waals surface area contributed by atoms with Crippen LogP contribution in [0.25, 0.3) is 0 Å². The molecule has 2 amide bonds. The summed E-state index contributed by atoms with van der Waals surface area (Å²) >= 11 is 1.46. The second-order valence-electron chi connectivity index (χ2n) is 10.2. The Kier molecular flexibility index (Phi) is 7.10. The van der Waals surface area contributed by atoms with Gasteiger partial charge in [0.25, 0.3) is 0 Å². The van der Waals surface area contributed by atoms with Crippen LogP contribution in [0.1, 0.15) is 33.1 Å². The Morgan fingerprint density at radius 1 is 1.18 bits per heavy atom. The zero-order valence-corrected chi connectivity index (χ0v) is 20.8. The number of aliphatic hydroxyl groups excluding tert-OH is 1. The molecule has 0 aromatic heterocycles. The first-order chi connectivity index (χ1) is 16.0. The van der Waals surface area contributed by atoms with E-state index < -0.39 is 24.0 Å². The topological polar surface area (TPSA) is 139 Å². The number of amides is 2. The van der Waals surface area contributed by atoms with Crippen LogP contribution in [0, 0.1) is 17.8 Å². The van der Waals surface area contributed by atoms with Crippen molar-refractivity contribution in [2.45, 2.75) is 62.6 Å². The molecule has 0 bridgehead atoms. The van der Waals surface area contributed by atoms with Gasteiger partial charge < -0.3 is 30.6 Å². The molecule has 4 rings (SSSR count). The van der Waals surface area contributed by atoms with Gasteiger partial charge in [-0.3, -0.25) is 14.4 Å². The monoisotopic (exact) mass is 494 g/mol. The summed E-state index contributed by atoms with van der Waals surface area (Å²) in [5.41, 5.74) is 0.0465. The number of nitrogens with one attached hydrogen (secondary N) is 2. The molecule has 188 valence electrons. The van der Waals surface area contributed by atoms with Crippen molar-refractivity contribution >= 4 is 35.3 Å². The zero-order valence-electron chi connectivity index (χ0n) is 20.0. The highest BCUT2D eigenvalue weighted by Gasteiger charge is 2.60. The van der Waals surface area contributed by atoms with Crippen LogP contribution in [0.3, 0.4) is 0 Å². The molecule has 4 aliphatic heterocycles. The number of thioether (sulfide) groups is 1. The smallest absolute Gasteiger partial charge is 0.353 e. The Labute approximate surface area is 203 Å². The molecule has 0 aliphatic carbocycles. The van der Waals surface area contributed by atoms with Crippen LogP contribution in [0.15, 0.2) is 10.6 Å². The molecule has 3 saturated heterocycles. The van der Waals surface area contributed by atoms with Crippen LogP contribution in [0.5, 0.6) is 0 Å². The van der Waals surface area contributed by atoms with Gasteiger partial charge in [-0.25, -0.2) is 4.79 Å². The van der Waals surface area contributed by atoms with Gasteiger partial charge in [-0.05, 0) is 18.8 Å². The van der Waals surface area contributed by atoms with Gasteiger partial charge in [0, 0.05) is 49.7 Å². The third-order valence-electron chi connectivity index (χ3n) is 7.55. The number of β-amino-alcohol motifs (C(OH)–C–C–N with tert-alkyl or cyclic N) is 1. The van der Waals surface area contributed by atoms with Crippen molar-refractivity contribution in [3.8, 4) is 0 Å². The lowest BCUT2D eigenvalue weighted by Crippen LogP contribution is -2.62. The average Bonchev–Trinajstić information content (AvgIpc) is 3.46. The van der Waals surface area contributed by atoms with Crippen molar-refractivity contribution in [3.63, 3.8) is 0 Å². The number of carboxylic acids is 1. The number of fused-ring (bicyclic) bond motifs is 1. The van der Waals surface area contributed by atoms with Crippen LogP contribution < -0.4 is 10.6 Å². The average molecular weight is 495 g/mol. The maximum Gasteiger partial charge on any atom is 0.353 e. The SMILES string of the molecule is C[C@@H](CC(=O)[C@@H]1C[C@@H](O)CN1)[C@H]1C(=O)N2C(C(=O)O)=C(SC3CN[C@H](C(=O)N(C)C)C3)[C@H](C)[C@H]12. The van der Waals surface area contributed by atoms with Crippen LogP contribution in [-0.2, 0) is 19.2 Å². The predicted molar refractivity (Wildman–Crippen MR) is 126 cm³/mol. The number of carbonyl (C=O) groups excluding carboxylic acids is 3. The minimum absolute atomic E-state index is 0.00293. The van der Waals surface area contributed by atoms with E-state index in [4.69, 9.17) is 0 Å². The highest BCUT2D eigenvalue weighted by Crippen LogP contribution is 2.53. The summed E-state index contributed by atoms with van der Waals surface area (Å²) in [6.07, 6.45) is 0.662. The van der Waals surface area contributed by atoms with E-state index in [1.807, 2.05) is 13.8 Å². The van der Waals surface area contributed by atoms with Gasteiger partial charge in [0.05, 0.1) is 30.1 Å². The zero-order chi connectivity index (χ0) is 24.9. The molecule has 8 atom stereocenters. The predicted octanol–water partition coefficient (Wildman–Crippen LogP) is -0.371. The fraction of sp³-hybridized carbons (Fsp3) is 0.739. The largest absolute Gasteiger partial charge is 0.477 e. The lowest BCUT2D eigenvalue weighted by Gasteiger charge is -2.47. The number of carboxylic acid groups (broad SMARTS) is 1. The van der Waals surface area contributed by atoms with E-state index in [-0.39, 0.29) is 58.9 Å². The molecule has 10 nitrogen and oxygen atoms in total. The maximum absolute atomic E-state index is 13.1. The number of aliphatic hydroxyl groups is 1. The molecular weight excluding hydrogens is 460 g/mol. The van der Waals surface area contributed by atoms with Crippen molar-refractivity contribution in [1.82, 2.24) is 20.4 Å². The van der Waals surface area contributed by atoms with Crippen LogP contribution in [0.4, 0.5) is 0 Å². The lowest BCUT2D eigenvalue weighted by atomic mass is 9.73. The van der Waals surface area contributed by atoms with Gasteiger partial charge in [0.1, 0.15) is 11.5 Å². The summed E-state index contributed by atoms with van der Waals surface area (Å²) in [7, 11) is 3.42. The minimum atomic E-state index is -1.12. The lowest BCUT2D eigenvalue weighted by molar-refractivity contribution is -0.160. The molecule has 0 saturated carbocycles. The second kappa shape index (κ2) is 9.60. The van der Waals surface area contributed by atoms with Crippen LogP contribution >= 0.6 is 11.8 Å². The van der Waals surface area contributed by atoms with Crippen molar-refractivity contribution < 1.29 is 29.4 Å². The number of β-lactam (4-membered cyclic amide) rings is 1. The van der Waals surface area contributed by atoms with Crippen molar-refractivity contribution in [2.24, 2.45) is 17.8 Å². The summed E-state index contributed by atoms with van der Waals surface area (Å²) in [5, 5.41) is 25.9. The fourth-order valence-electron chi connectivity index (χ4n) is 5.79. The summed E-state index contributed by atoms with van der Waals surface area (Å²) in [4.78, 5) is 53.9. The standard InChI is InChI=1S/C23H34N4O6S/c1-10(5-16(29)14-6-12(28)8-24-14)17-18-11(2)20(19(23(32)33)27(18)22(17)31)34-13-7-15(25-9-13)21(30)26(3)4/h10-15,17-18,24-25,28H,5-9H2,1-4H3,(H,32,33)/t10-,11+,12+,13?,14-,15-,17+,18+/m0/s1. The Morgan fingerprint density at radius 3 is 2.44 bits per heavy atom. The molecule has 4 heterocycles. The molecule has 0 spiro atoms. The molecule has 0 aromatic carbocycles. The quantitative estimate of drug-likeness (QED) is 0.333. The van der Waals surface area contributed by atoms with E-state index >= 15 is 0 Å². The van der Waals surface area contributed by atoms with Gasteiger partial charge in [-0.1, -0.05) is 13.8 Å². The highest BCUT2D eigenvalue weighted by atomic mass is 32.2. The van der Waals surface area contributed by atoms with E-state index in [2.05, 4.69) is 10.6 Å². The number of hydrogen-bond donors (Lipinski definition) is 4. The number of ketones is 1. The number of hydrogen-bond acceptors (Lipinski definition) is 8. The van der Waals surface area contributed by atoms with Crippen molar-refractivity contribution in [1.29, 1.82) is 0 Å². The molecule has 0 radical (unpaired) electrons. The van der Waals surface area contributed by atoms with E-state index in [0.29, 0.717) is 30.8 Å². The fourth-order valence-corrected chi connectivity index (χ4v) is 7.27. The maximum atomic E-state index is 13.1. The summed E-state index contributed by atoms with van der Waals surface area (Å²) in [5.74, 6) is -2.18. The minimum Gasteiger partial charge on any atom is -0.477 e. The number of likely N-dealkylation sites (N-methyl/N-ethyl adjacent to an activating group) is 1. The molecular formula is C23H34N4O6S. The molecule has 4 N–H and O–H groups in total. The number of nitrogens with zero attached hydrogens (tertiary/aromatic N) is 2. The van der Waals surface area contributed by atoms with E-state index in [1.165, 1.54) is 16.7 Å². The Hall–Kier alpha value is -1.95. The van der Waals surface area contributed by atoms with Crippen LogP contribution in [-0.4, -0.2) is 100 Å². The van der Waals surface area contributed by atoms with Gasteiger partial charge in [-0.2, -0.15) is 0 Å². The second-order valence-corrected chi connectivity index (χ2v) is 11.5. The molecule has 3 fully saturated rings. The molecule has 11 heteroatoms. The van der Waals surface area contributed by atoms with Crippen molar-refractivity contribution in [2.75, 3.05) is 27.2 Å². The van der Waals surface area contributed by atoms with Gasteiger partial charge >= 0.3 is 5.97 Å². The van der Waals surface area contributed by atoms with Crippen molar-refractivity contribution in [3.05, 3.63) is 10.6 Å². The third-order valence-corrected chi connectivity index (χ3v) is 9.06. The summed E-state index contributed by atoms with van der Waals surface area (Å²) in [6, 6.07) is -0.964. The number of carbonyl (C=O) groups is 4.